The van der Waals surface area contributed by atoms with Crippen molar-refractivity contribution in [1.29, 1.82) is 0 Å². The van der Waals surface area contributed by atoms with Crippen LogP contribution in [-0.4, -0.2) is 66.9 Å². The first-order chi connectivity index (χ1) is 21.5. The highest BCUT2D eigenvalue weighted by Gasteiger charge is 2.58. The van der Waals surface area contributed by atoms with Gasteiger partial charge in [-0.05, 0) is 49.7 Å². The summed E-state index contributed by atoms with van der Waals surface area (Å²) in [6.45, 7) is 3.86. The van der Waals surface area contributed by atoms with E-state index in [1.54, 1.807) is 6.07 Å². The summed E-state index contributed by atoms with van der Waals surface area (Å²) in [5, 5.41) is 21.6. The van der Waals surface area contributed by atoms with Crippen molar-refractivity contribution in [1.82, 2.24) is 20.2 Å². The highest BCUT2D eigenvalue weighted by molar-refractivity contribution is 7.99. The highest BCUT2D eigenvalue weighted by Crippen LogP contribution is 2.56. The van der Waals surface area contributed by atoms with Crippen LogP contribution in [0.5, 0.6) is 5.75 Å². The van der Waals surface area contributed by atoms with Crippen molar-refractivity contribution in [2.24, 2.45) is 0 Å². The number of aryl methyl sites for hydroxylation is 1. The van der Waals surface area contributed by atoms with Crippen LogP contribution in [0.1, 0.15) is 24.1 Å². The summed E-state index contributed by atoms with van der Waals surface area (Å²) in [4.78, 5) is 21.2. The van der Waals surface area contributed by atoms with Gasteiger partial charge in [0.25, 0.3) is 0 Å². The van der Waals surface area contributed by atoms with Gasteiger partial charge in [0.1, 0.15) is 10.6 Å². The molecule has 2 fully saturated rings. The quantitative estimate of drug-likeness (QED) is 0.135. The number of sulfone groups is 1. The number of nitrogens with one attached hydrogen (secondary N) is 2. The second kappa shape index (κ2) is 11.9. The van der Waals surface area contributed by atoms with E-state index in [9.17, 15) is 18.5 Å². The van der Waals surface area contributed by atoms with Crippen LogP contribution >= 0.6 is 11.8 Å². The predicted octanol–water partition coefficient (Wildman–Crippen LogP) is 4.90. The molecule has 0 spiro atoms. The average Bonchev–Trinajstić information content (AvgIpc) is 3.74. The third kappa shape index (κ3) is 5.66. The Morgan fingerprint density at radius 2 is 1.91 bits per heavy atom. The molecule has 1 aliphatic heterocycles. The zero-order chi connectivity index (χ0) is 31.9. The molecule has 17 heteroatoms. The number of nitro benzene ring substituents is 1. The number of hydrogen-bond acceptors (Lipinski definition) is 12. The summed E-state index contributed by atoms with van der Waals surface area (Å²) in [5.74, 6) is -0.491. The molecule has 1 saturated carbocycles. The van der Waals surface area contributed by atoms with E-state index in [0.29, 0.717) is 43.7 Å². The van der Waals surface area contributed by atoms with Gasteiger partial charge in [0.05, 0.1) is 35.0 Å². The molecule has 1 aliphatic carbocycles. The van der Waals surface area contributed by atoms with Crippen molar-refractivity contribution in [2.45, 2.75) is 39.5 Å². The maximum atomic E-state index is 15.6. The van der Waals surface area contributed by atoms with E-state index in [1.807, 2.05) is 11.8 Å². The van der Waals surface area contributed by atoms with E-state index in [2.05, 4.69) is 25.5 Å². The Labute approximate surface area is 260 Å². The minimum Gasteiger partial charge on any atom is -0.490 e. The van der Waals surface area contributed by atoms with Crippen LogP contribution in [-0.2, 0) is 19.3 Å². The molecule has 0 amide bonds. The summed E-state index contributed by atoms with van der Waals surface area (Å²) < 4.78 is 67.5. The molecular formula is C28H27F2N7O6S2. The van der Waals surface area contributed by atoms with Gasteiger partial charge in [0.15, 0.2) is 32.4 Å². The number of hydrogen-bond donors (Lipinski definition) is 2. The van der Waals surface area contributed by atoms with Crippen molar-refractivity contribution in [3.63, 3.8) is 0 Å². The standard InChI is InChI=1S/C28H27F2N7O6S2/c1-16-14-22(35-34-16)31-25-24(42-2)26(36-10-12-43-13-11-36)33-27(32-25)44-21-7-6-17(15-19(21)29)45(40,41)28(8-9-28)18-4-3-5-20(23(18)30)37(38)39/h3-7,14-15H,8-13H2,1-2H3,(H2,31,32,33,34,35). The smallest absolute Gasteiger partial charge is 0.305 e. The zero-order valence-corrected chi connectivity index (χ0v) is 25.7. The summed E-state index contributed by atoms with van der Waals surface area (Å²) in [6.07, 6.45) is 0.0850. The average molecular weight is 660 g/mol. The number of aromatic nitrogens is 4. The number of halogens is 2. The molecule has 0 radical (unpaired) electrons. The lowest BCUT2D eigenvalue weighted by atomic mass is 10.1. The first-order valence-corrected chi connectivity index (χ1v) is 16.1. The third-order valence-electron chi connectivity index (χ3n) is 7.59. The number of rotatable bonds is 10. The monoisotopic (exact) mass is 659 g/mol. The molecule has 2 aliphatic rings. The molecule has 0 unspecified atom stereocenters. The van der Waals surface area contributed by atoms with E-state index < -0.39 is 36.8 Å². The van der Waals surface area contributed by atoms with E-state index in [-0.39, 0.29) is 39.2 Å². The number of H-pyrrole nitrogens is 1. The number of benzene rings is 2. The van der Waals surface area contributed by atoms with Crippen LogP contribution in [0.4, 0.5) is 31.9 Å². The minimum atomic E-state index is -4.33. The number of nitrogens with zero attached hydrogens (tertiary/aromatic N) is 5. The lowest BCUT2D eigenvalue weighted by Crippen LogP contribution is -2.37. The molecule has 0 atom stereocenters. The molecule has 236 valence electrons. The second-order valence-electron chi connectivity index (χ2n) is 10.5. The Hall–Kier alpha value is -4.35. The first-order valence-electron chi connectivity index (χ1n) is 13.8. The zero-order valence-electron chi connectivity index (χ0n) is 24.0. The SMILES string of the molecule is COc1c(Nc2cc(C)[nH]n2)nc(Sc2ccc(S(=O)(=O)C3(c4cccc([N+](=O)[O-])c4F)CC3)cc2F)nc1N1CCOCC1. The van der Waals surface area contributed by atoms with E-state index >= 15 is 8.78 Å². The molecule has 2 N–H and O–H groups in total. The fourth-order valence-corrected chi connectivity index (χ4v) is 8.00. The Morgan fingerprint density at radius 1 is 1.16 bits per heavy atom. The van der Waals surface area contributed by atoms with Gasteiger partial charge in [0.2, 0.25) is 11.6 Å². The van der Waals surface area contributed by atoms with Gasteiger partial charge < -0.3 is 19.7 Å². The Bertz CT molecular complexity index is 1900. The maximum absolute atomic E-state index is 15.6. The van der Waals surface area contributed by atoms with Crippen LogP contribution in [0.3, 0.4) is 0 Å². The van der Waals surface area contributed by atoms with Crippen molar-refractivity contribution >= 4 is 44.7 Å². The number of morpholine rings is 1. The van der Waals surface area contributed by atoms with Crippen LogP contribution < -0.4 is 15.0 Å². The third-order valence-corrected chi connectivity index (χ3v) is 11.0. The van der Waals surface area contributed by atoms with Crippen LogP contribution in [0.2, 0.25) is 0 Å². The van der Waals surface area contributed by atoms with Gasteiger partial charge in [-0.25, -0.2) is 22.8 Å². The Balaban J connectivity index is 1.34. The number of aromatic amines is 1. The van der Waals surface area contributed by atoms with Gasteiger partial charge in [-0.3, -0.25) is 15.2 Å². The molecule has 13 nitrogen and oxygen atoms in total. The number of methoxy groups -OCH3 is 1. The van der Waals surface area contributed by atoms with Crippen LogP contribution in [0, 0.1) is 28.7 Å². The summed E-state index contributed by atoms with van der Waals surface area (Å²) >= 11 is 0.879. The maximum Gasteiger partial charge on any atom is 0.305 e. The Morgan fingerprint density at radius 3 is 2.53 bits per heavy atom. The molecular weight excluding hydrogens is 632 g/mol. The van der Waals surface area contributed by atoms with Crippen LogP contribution in [0.25, 0.3) is 0 Å². The Kier molecular flexibility index (Phi) is 8.09. The van der Waals surface area contributed by atoms with Gasteiger partial charge in [-0.15, -0.1) is 0 Å². The predicted molar refractivity (Wildman–Crippen MR) is 160 cm³/mol. The van der Waals surface area contributed by atoms with Crippen molar-refractivity contribution in [3.05, 3.63) is 75.5 Å². The summed E-state index contributed by atoms with van der Waals surface area (Å²) in [6, 6.07) is 8.58. The van der Waals surface area contributed by atoms with Crippen LogP contribution in [0.15, 0.2) is 57.4 Å². The second-order valence-corrected chi connectivity index (χ2v) is 13.7. The normalized spacial score (nSPS) is 16.0. The first kappa shape index (κ1) is 30.7. The molecule has 0 bridgehead atoms. The van der Waals surface area contributed by atoms with Gasteiger partial charge in [-0.2, -0.15) is 9.49 Å². The van der Waals surface area contributed by atoms with Crippen molar-refractivity contribution < 1.29 is 31.6 Å². The highest BCUT2D eigenvalue weighted by atomic mass is 32.2. The molecule has 1 saturated heterocycles. The number of ether oxygens (including phenoxy) is 2. The lowest BCUT2D eigenvalue weighted by molar-refractivity contribution is -0.387. The number of anilines is 3. The summed E-state index contributed by atoms with van der Waals surface area (Å²) in [5.41, 5.74) is -0.309. The van der Waals surface area contributed by atoms with E-state index in [0.717, 1.165) is 29.6 Å². The molecule has 2 aromatic heterocycles. The molecule has 6 rings (SSSR count). The topological polar surface area (TPSA) is 165 Å². The van der Waals surface area contributed by atoms with Crippen molar-refractivity contribution in [3.8, 4) is 5.75 Å². The fraction of sp³-hybridized carbons (Fsp3) is 0.321. The molecule has 3 heterocycles. The minimum absolute atomic E-state index is 0.0417. The molecule has 45 heavy (non-hydrogen) atoms. The van der Waals surface area contributed by atoms with Gasteiger partial charge >= 0.3 is 5.69 Å². The lowest BCUT2D eigenvalue weighted by Gasteiger charge is -2.29. The summed E-state index contributed by atoms with van der Waals surface area (Å²) in [7, 11) is -2.84. The van der Waals surface area contributed by atoms with Gasteiger partial charge in [0, 0.05) is 36.5 Å². The molecule has 4 aromatic rings. The fourth-order valence-electron chi connectivity index (χ4n) is 5.19. The van der Waals surface area contributed by atoms with E-state index in [1.165, 1.54) is 31.4 Å². The van der Waals surface area contributed by atoms with Crippen molar-refractivity contribution in [2.75, 3.05) is 43.6 Å². The molecule has 2 aromatic carbocycles. The number of nitro groups is 1. The largest absolute Gasteiger partial charge is 0.490 e. The van der Waals surface area contributed by atoms with E-state index in [4.69, 9.17) is 9.47 Å². The van der Waals surface area contributed by atoms with Gasteiger partial charge in [-0.1, -0.05) is 12.1 Å².